The third-order valence-corrected chi connectivity index (χ3v) is 4.37. The lowest BCUT2D eigenvalue weighted by atomic mass is 10.1. The van der Waals surface area contributed by atoms with Gasteiger partial charge < -0.3 is 10.3 Å². The molecule has 2 N–H and O–H groups in total. The number of aromatic amines is 1. The van der Waals surface area contributed by atoms with Gasteiger partial charge in [-0.15, -0.1) is 0 Å². The highest BCUT2D eigenvalue weighted by molar-refractivity contribution is 8.00. The van der Waals surface area contributed by atoms with E-state index in [4.69, 9.17) is 0 Å². The van der Waals surface area contributed by atoms with Crippen molar-refractivity contribution in [2.24, 2.45) is 0 Å². The number of nitrogens with one attached hydrogen (secondary N) is 2. The van der Waals surface area contributed by atoms with Crippen LogP contribution in [0.4, 0.5) is 0 Å². The zero-order valence-electron chi connectivity index (χ0n) is 9.36. The summed E-state index contributed by atoms with van der Waals surface area (Å²) in [7, 11) is 0. The molecule has 3 unspecified atom stereocenters. The van der Waals surface area contributed by atoms with Crippen molar-refractivity contribution in [1.29, 1.82) is 0 Å². The van der Waals surface area contributed by atoms with E-state index in [0.717, 1.165) is 17.5 Å². The van der Waals surface area contributed by atoms with Gasteiger partial charge in [0, 0.05) is 23.7 Å². The van der Waals surface area contributed by atoms with Crippen LogP contribution in [0, 0.1) is 0 Å². The number of H-pyrrole nitrogens is 1. The maximum Gasteiger partial charge on any atom is 0.123 e. The van der Waals surface area contributed by atoms with E-state index in [1.165, 1.54) is 12.2 Å². The van der Waals surface area contributed by atoms with E-state index >= 15 is 0 Å². The van der Waals surface area contributed by atoms with Gasteiger partial charge in [-0.1, -0.05) is 13.8 Å². The second-order valence-electron chi connectivity index (χ2n) is 4.07. The van der Waals surface area contributed by atoms with Crippen molar-refractivity contribution < 1.29 is 0 Å². The summed E-state index contributed by atoms with van der Waals surface area (Å²) in [5.41, 5.74) is 0. The van der Waals surface area contributed by atoms with Gasteiger partial charge in [-0.05, 0) is 18.6 Å². The molecule has 3 atom stereocenters. The van der Waals surface area contributed by atoms with Crippen LogP contribution in [0.5, 0.6) is 0 Å². The number of hydrogen-bond acceptors (Lipinski definition) is 3. The van der Waals surface area contributed by atoms with Crippen molar-refractivity contribution in [1.82, 2.24) is 15.3 Å². The standard InChI is InChI=1S/C11H19N3S/c1-3-9(11-12-5-6-13-11)14-10-4-7-15-8(10)2/h5-6,8-10,14H,3-4,7H2,1-2H3,(H,12,13). The molecule has 0 saturated carbocycles. The van der Waals surface area contributed by atoms with E-state index in [1.54, 1.807) is 0 Å². The van der Waals surface area contributed by atoms with Crippen LogP contribution in [0.3, 0.4) is 0 Å². The first-order valence-electron chi connectivity index (χ1n) is 5.68. The van der Waals surface area contributed by atoms with E-state index < -0.39 is 0 Å². The molecule has 0 aromatic carbocycles. The predicted molar refractivity (Wildman–Crippen MR) is 65.1 cm³/mol. The number of imidazole rings is 1. The van der Waals surface area contributed by atoms with Crippen LogP contribution in [0.15, 0.2) is 12.4 Å². The minimum atomic E-state index is 0.381. The minimum Gasteiger partial charge on any atom is -0.347 e. The lowest BCUT2D eigenvalue weighted by Gasteiger charge is -2.22. The fraction of sp³-hybridized carbons (Fsp3) is 0.727. The Bertz CT molecular complexity index is 286. The molecule has 84 valence electrons. The minimum absolute atomic E-state index is 0.381. The Balaban J connectivity index is 1.96. The molecular weight excluding hydrogens is 206 g/mol. The van der Waals surface area contributed by atoms with Crippen molar-refractivity contribution >= 4 is 11.8 Å². The second-order valence-corrected chi connectivity index (χ2v) is 5.56. The Morgan fingerprint density at radius 3 is 3.13 bits per heavy atom. The summed E-state index contributed by atoms with van der Waals surface area (Å²) in [6.45, 7) is 4.51. The van der Waals surface area contributed by atoms with Crippen LogP contribution in [-0.4, -0.2) is 27.0 Å². The summed E-state index contributed by atoms with van der Waals surface area (Å²) in [4.78, 5) is 7.53. The average molecular weight is 225 g/mol. The molecular formula is C11H19N3S. The first-order valence-corrected chi connectivity index (χ1v) is 6.73. The first-order chi connectivity index (χ1) is 7.31. The van der Waals surface area contributed by atoms with E-state index in [-0.39, 0.29) is 0 Å². The number of nitrogens with zero attached hydrogens (tertiary/aromatic N) is 1. The summed E-state index contributed by atoms with van der Waals surface area (Å²) in [6, 6.07) is 1.02. The van der Waals surface area contributed by atoms with Gasteiger partial charge >= 0.3 is 0 Å². The van der Waals surface area contributed by atoms with Crippen molar-refractivity contribution in [2.45, 2.75) is 44.0 Å². The molecule has 0 aliphatic carbocycles. The second kappa shape index (κ2) is 5.03. The lowest BCUT2D eigenvalue weighted by Crippen LogP contribution is -2.36. The van der Waals surface area contributed by atoms with Crippen molar-refractivity contribution in [3.05, 3.63) is 18.2 Å². The fourth-order valence-electron chi connectivity index (χ4n) is 2.07. The summed E-state index contributed by atoms with van der Waals surface area (Å²) in [5, 5.41) is 4.43. The Hall–Kier alpha value is -0.480. The van der Waals surface area contributed by atoms with Crippen LogP contribution in [0.2, 0.25) is 0 Å². The molecule has 15 heavy (non-hydrogen) atoms. The van der Waals surface area contributed by atoms with Crippen molar-refractivity contribution in [2.75, 3.05) is 5.75 Å². The Kier molecular flexibility index (Phi) is 3.70. The van der Waals surface area contributed by atoms with Crippen LogP contribution in [0.1, 0.15) is 38.6 Å². The SMILES string of the molecule is CCC(NC1CCSC1C)c1ncc[nH]1. The molecule has 1 aliphatic heterocycles. The summed E-state index contributed by atoms with van der Waals surface area (Å²) >= 11 is 2.06. The van der Waals surface area contributed by atoms with Crippen LogP contribution in [0.25, 0.3) is 0 Å². The third-order valence-electron chi connectivity index (χ3n) is 3.05. The Morgan fingerprint density at radius 1 is 1.73 bits per heavy atom. The van der Waals surface area contributed by atoms with Crippen LogP contribution >= 0.6 is 11.8 Å². The zero-order valence-corrected chi connectivity index (χ0v) is 10.2. The largest absolute Gasteiger partial charge is 0.347 e. The summed E-state index contributed by atoms with van der Waals surface area (Å²) in [5.74, 6) is 2.36. The maximum absolute atomic E-state index is 4.33. The van der Waals surface area contributed by atoms with Gasteiger partial charge in [0.05, 0.1) is 6.04 Å². The van der Waals surface area contributed by atoms with E-state index in [0.29, 0.717) is 12.1 Å². The average Bonchev–Trinajstić information content (AvgIpc) is 2.86. The molecule has 1 aromatic heterocycles. The maximum atomic E-state index is 4.33. The van der Waals surface area contributed by atoms with Crippen LogP contribution in [-0.2, 0) is 0 Å². The molecule has 0 radical (unpaired) electrons. The quantitative estimate of drug-likeness (QED) is 0.826. The molecule has 3 nitrogen and oxygen atoms in total. The van der Waals surface area contributed by atoms with Gasteiger partial charge in [0.2, 0.25) is 0 Å². The molecule has 4 heteroatoms. The summed E-state index contributed by atoms with van der Waals surface area (Å²) < 4.78 is 0. The van der Waals surface area contributed by atoms with Crippen LogP contribution < -0.4 is 5.32 Å². The van der Waals surface area contributed by atoms with E-state index in [2.05, 4.69) is 40.9 Å². The molecule has 1 aromatic rings. The zero-order chi connectivity index (χ0) is 10.7. The molecule has 0 bridgehead atoms. The number of aromatic nitrogens is 2. The smallest absolute Gasteiger partial charge is 0.123 e. The van der Waals surface area contributed by atoms with Gasteiger partial charge in [-0.25, -0.2) is 4.98 Å². The predicted octanol–water partition coefficient (Wildman–Crippen LogP) is 2.34. The number of rotatable bonds is 4. The monoisotopic (exact) mass is 225 g/mol. The molecule has 0 spiro atoms. The van der Waals surface area contributed by atoms with Crippen molar-refractivity contribution in [3.63, 3.8) is 0 Å². The molecule has 0 amide bonds. The third kappa shape index (κ3) is 2.55. The Morgan fingerprint density at radius 2 is 2.60 bits per heavy atom. The van der Waals surface area contributed by atoms with Crippen molar-refractivity contribution in [3.8, 4) is 0 Å². The van der Waals surface area contributed by atoms with Gasteiger partial charge in [0.15, 0.2) is 0 Å². The van der Waals surface area contributed by atoms with Gasteiger partial charge in [-0.3, -0.25) is 0 Å². The van der Waals surface area contributed by atoms with Gasteiger partial charge in [0.25, 0.3) is 0 Å². The Labute approximate surface area is 95.4 Å². The number of hydrogen-bond donors (Lipinski definition) is 2. The van der Waals surface area contributed by atoms with Gasteiger partial charge in [-0.2, -0.15) is 11.8 Å². The topological polar surface area (TPSA) is 40.7 Å². The van der Waals surface area contributed by atoms with Gasteiger partial charge in [0.1, 0.15) is 5.82 Å². The first kappa shape index (κ1) is 11.0. The number of thioether (sulfide) groups is 1. The summed E-state index contributed by atoms with van der Waals surface area (Å²) in [6.07, 6.45) is 6.09. The molecule has 1 aliphatic rings. The highest BCUT2D eigenvalue weighted by Crippen LogP contribution is 2.28. The molecule has 1 saturated heterocycles. The molecule has 2 rings (SSSR count). The highest BCUT2D eigenvalue weighted by atomic mass is 32.2. The highest BCUT2D eigenvalue weighted by Gasteiger charge is 2.26. The molecule has 2 heterocycles. The fourth-order valence-corrected chi connectivity index (χ4v) is 3.28. The lowest BCUT2D eigenvalue weighted by molar-refractivity contribution is 0.413. The van der Waals surface area contributed by atoms with E-state index in [1.807, 2.05) is 12.4 Å². The molecule has 1 fully saturated rings. The normalized spacial score (nSPS) is 28.1. The van der Waals surface area contributed by atoms with E-state index in [9.17, 15) is 0 Å².